The lowest BCUT2D eigenvalue weighted by atomic mass is 9.72. The topological polar surface area (TPSA) is 12.4 Å². The Bertz CT molecular complexity index is 2250. The number of aliphatic imine (C=N–C) groups is 1. The first-order chi connectivity index (χ1) is 23.5. The van der Waals surface area contributed by atoms with Gasteiger partial charge in [0.2, 0.25) is 0 Å². The highest BCUT2D eigenvalue weighted by Crippen LogP contribution is 2.41. The van der Waals surface area contributed by atoms with Gasteiger partial charge >= 0.3 is 0 Å². The molecule has 4 aromatic rings. The van der Waals surface area contributed by atoms with Crippen LogP contribution in [0, 0.1) is 19.8 Å². The predicted molar refractivity (Wildman–Crippen MR) is 208 cm³/mol. The van der Waals surface area contributed by atoms with Crippen LogP contribution in [0.4, 0.5) is 5.69 Å². The first kappa shape index (κ1) is 32.7. The maximum absolute atomic E-state index is 5.13. The minimum Gasteiger partial charge on any atom is -0.253 e. The third kappa shape index (κ3) is 7.02. The zero-order chi connectivity index (χ0) is 33.5. The number of benzene rings is 4. The van der Waals surface area contributed by atoms with Crippen LogP contribution in [-0.2, 0) is 0 Å². The van der Waals surface area contributed by atoms with Crippen LogP contribution in [-0.4, -0.2) is 5.71 Å². The van der Waals surface area contributed by atoms with Crippen molar-refractivity contribution in [3.05, 3.63) is 194 Å². The van der Waals surface area contributed by atoms with Crippen LogP contribution in [0.15, 0.2) is 156 Å². The SMILES string of the molecule is C=C/C=c1/cc(C2=c3ccccc3=C(c3ccc(C)c(N=C(C)C4=CCCC=C4)c3)C3=CC=CCC32)cc/c1=C/C.Cc1ccccc1. The zero-order valence-corrected chi connectivity index (χ0v) is 28.7. The van der Waals surface area contributed by atoms with Gasteiger partial charge in [0.15, 0.2) is 0 Å². The van der Waals surface area contributed by atoms with Crippen LogP contribution in [0.1, 0.15) is 55.4 Å². The van der Waals surface area contributed by atoms with Crippen LogP contribution >= 0.6 is 0 Å². The van der Waals surface area contributed by atoms with Gasteiger partial charge in [0.05, 0.1) is 5.69 Å². The Morgan fingerprint density at radius 3 is 2.29 bits per heavy atom. The molecule has 0 aliphatic heterocycles. The van der Waals surface area contributed by atoms with Crippen LogP contribution in [0.2, 0.25) is 0 Å². The van der Waals surface area contributed by atoms with E-state index in [9.17, 15) is 0 Å². The summed E-state index contributed by atoms with van der Waals surface area (Å²) >= 11 is 0. The van der Waals surface area contributed by atoms with Crippen molar-refractivity contribution in [1.29, 1.82) is 0 Å². The lowest BCUT2D eigenvalue weighted by Gasteiger charge is -2.31. The van der Waals surface area contributed by atoms with Gasteiger partial charge in [-0.2, -0.15) is 0 Å². The fourth-order valence-electron chi connectivity index (χ4n) is 6.94. The molecule has 0 saturated heterocycles. The molecule has 4 aromatic carbocycles. The summed E-state index contributed by atoms with van der Waals surface area (Å²) in [5, 5.41) is 5.04. The summed E-state index contributed by atoms with van der Waals surface area (Å²) in [5.74, 6) is 0.283. The Hall–Kier alpha value is -5.27. The standard InChI is InChI=1S/C40H37N.C7H8/c1-5-14-31-25-32(24-23-29(31)6-2)39-34-17-10-12-19-36(34)40(37-20-13-11-18-35(37)39)33-22-21-27(3)38(26-33)41-28(4)30-15-8-7-9-16-30;1-7-5-3-2-4-6-7/h5-6,8,10-17,19-26,35H,1,7,9,18H2,2-4H3;2-6H,1H3/b29-6-,31-14-,41-28?;. The second-order valence-corrected chi connectivity index (χ2v) is 12.7. The highest BCUT2D eigenvalue weighted by Gasteiger charge is 2.29. The van der Waals surface area contributed by atoms with Gasteiger partial charge in [0.1, 0.15) is 0 Å². The summed E-state index contributed by atoms with van der Waals surface area (Å²) in [4.78, 5) is 5.13. The quantitative estimate of drug-likeness (QED) is 0.197. The van der Waals surface area contributed by atoms with E-state index in [0.29, 0.717) is 0 Å². The van der Waals surface area contributed by atoms with Gasteiger partial charge in [0.25, 0.3) is 0 Å². The highest BCUT2D eigenvalue weighted by atomic mass is 14.7. The summed E-state index contributed by atoms with van der Waals surface area (Å²) in [6, 6.07) is 32.9. The fraction of sp³-hybridized carbons (Fsp3) is 0.170. The van der Waals surface area contributed by atoms with Crippen molar-refractivity contribution >= 4 is 34.7 Å². The minimum atomic E-state index is 0.283. The van der Waals surface area contributed by atoms with Crippen LogP contribution in [0.5, 0.6) is 0 Å². The lowest BCUT2D eigenvalue weighted by molar-refractivity contribution is 0.797. The van der Waals surface area contributed by atoms with E-state index in [0.717, 1.165) is 30.7 Å². The fourth-order valence-corrected chi connectivity index (χ4v) is 6.94. The van der Waals surface area contributed by atoms with Gasteiger partial charge in [-0.15, -0.1) is 0 Å². The molecule has 0 aromatic heterocycles. The molecule has 7 rings (SSSR count). The first-order valence-corrected chi connectivity index (χ1v) is 17.1. The normalized spacial score (nSPS) is 17.6. The molecule has 0 bridgehead atoms. The number of aryl methyl sites for hydroxylation is 2. The van der Waals surface area contributed by atoms with E-state index in [2.05, 4.69) is 156 Å². The maximum Gasteiger partial charge on any atom is 0.0668 e. The van der Waals surface area contributed by atoms with Crippen molar-refractivity contribution < 1.29 is 0 Å². The number of fused-ring (bicyclic) bond motifs is 2. The summed E-state index contributed by atoms with van der Waals surface area (Å²) in [6.07, 6.45) is 23.0. The number of rotatable bonds is 5. The van der Waals surface area contributed by atoms with E-state index < -0.39 is 0 Å². The Morgan fingerprint density at radius 1 is 0.812 bits per heavy atom. The third-order valence-corrected chi connectivity index (χ3v) is 9.43. The molecule has 1 nitrogen and oxygen atoms in total. The summed E-state index contributed by atoms with van der Waals surface area (Å²) < 4.78 is 0. The molecule has 0 saturated carbocycles. The highest BCUT2D eigenvalue weighted by molar-refractivity contribution is 6.02. The molecule has 1 unspecified atom stereocenters. The van der Waals surface area contributed by atoms with Gasteiger partial charge in [-0.05, 0) is 119 Å². The summed E-state index contributed by atoms with van der Waals surface area (Å²) in [5.41, 5.74) is 12.5. The number of hydrogen-bond acceptors (Lipinski definition) is 1. The summed E-state index contributed by atoms with van der Waals surface area (Å²) in [7, 11) is 0. The zero-order valence-electron chi connectivity index (χ0n) is 28.7. The molecule has 0 spiro atoms. The molecule has 0 heterocycles. The van der Waals surface area contributed by atoms with E-state index in [4.69, 9.17) is 4.99 Å². The van der Waals surface area contributed by atoms with Crippen LogP contribution in [0.25, 0.3) is 23.3 Å². The molecular formula is C47H45N. The van der Waals surface area contributed by atoms with E-state index in [1.54, 1.807) is 0 Å². The van der Waals surface area contributed by atoms with Gasteiger partial charge in [-0.3, -0.25) is 4.99 Å². The largest absolute Gasteiger partial charge is 0.253 e. The average Bonchev–Trinajstić information content (AvgIpc) is 3.12. The van der Waals surface area contributed by atoms with E-state index in [-0.39, 0.29) is 5.92 Å². The lowest BCUT2D eigenvalue weighted by Crippen LogP contribution is -2.38. The Morgan fingerprint density at radius 2 is 1.58 bits per heavy atom. The minimum absolute atomic E-state index is 0.283. The van der Waals surface area contributed by atoms with Crippen molar-refractivity contribution in [3.63, 3.8) is 0 Å². The molecule has 3 aliphatic rings. The second kappa shape index (κ2) is 15.1. The first-order valence-electron chi connectivity index (χ1n) is 17.1. The van der Waals surface area contributed by atoms with E-state index in [1.807, 2.05) is 24.3 Å². The molecule has 0 amide bonds. The molecule has 0 radical (unpaired) electrons. The Labute approximate surface area is 286 Å². The van der Waals surface area contributed by atoms with Crippen molar-refractivity contribution in [2.75, 3.05) is 0 Å². The van der Waals surface area contributed by atoms with Crippen molar-refractivity contribution in [2.45, 2.75) is 47.0 Å². The monoisotopic (exact) mass is 623 g/mol. The van der Waals surface area contributed by atoms with E-state index in [1.165, 1.54) is 65.4 Å². The molecule has 1 atom stereocenters. The molecule has 0 N–H and O–H groups in total. The second-order valence-electron chi connectivity index (χ2n) is 12.7. The number of hydrogen-bond donors (Lipinski definition) is 0. The smallest absolute Gasteiger partial charge is 0.0668 e. The van der Waals surface area contributed by atoms with Gasteiger partial charge in [0, 0.05) is 11.6 Å². The molecular weight excluding hydrogens is 579 g/mol. The van der Waals surface area contributed by atoms with Crippen molar-refractivity contribution in [1.82, 2.24) is 0 Å². The van der Waals surface area contributed by atoms with Gasteiger partial charge < -0.3 is 0 Å². The maximum atomic E-state index is 5.13. The molecule has 3 aliphatic carbocycles. The van der Waals surface area contributed by atoms with Crippen LogP contribution < -0.4 is 20.9 Å². The van der Waals surface area contributed by atoms with Crippen molar-refractivity contribution in [2.24, 2.45) is 10.9 Å². The predicted octanol–water partition coefficient (Wildman–Crippen LogP) is 9.04. The van der Waals surface area contributed by atoms with Crippen LogP contribution in [0.3, 0.4) is 0 Å². The van der Waals surface area contributed by atoms with E-state index >= 15 is 0 Å². The average molecular weight is 624 g/mol. The molecule has 0 fully saturated rings. The molecule has 48 heavy (non-hydrogen) atoms. The van der Waals surface area contributed by atoms with Crippen molar-refractivity contribution in [3.8, 4) is 0 Å². The number of allylic oxidation sites excluding steroid dienone is 9. The Balaban J connectivity index is 0.000000510. The number of nitrogens with zero attached hydrogens (tertiary/aromatic N) is 1. The van der Waals surface area contributed by atoms with Gasteiger partial charge in [-0.25, -0.2) is 0 Å². The Kier molecular flexibility index (Phi) is 10.3. The van der Waals surface area contributed by atoms with Gasteiger partial charge in [-0.1, -0.05) is 146 Å². The summed E-state index contributed by atoms with van der Waals surface area (Å²) in [6.45, 7) is 12.4. The molecule has 238 valence electrons. The third-order valence-electron chi connectivity index (χ3n) is 9.43. The molecule has 1 heteroatoms.